The lowest BCUT2D eigenvalue weighted by molar-refractivity contribution is 0.0209. The molecule has 1 N–H and O–H groups in total. The molecule has 3 saturated heterocycles. The van der Waals surface area contributed by atoms with Gasteiger partial charge in [-0.05, 0) is 93.0 Å². The molecule has 1 aromatic carbocycles. The molecule has 4 aromatic rings. The van der Waals surface area contributed by atoms with Gasteiger partial charge in [0.15, 0.2) is 11.6 Å². The summed E-state index contributed by atoms with van der Waals surface area (Å²) < 4.78 is 50.8. The molecule has 2 bridgehead atoms. The number of hydrogen-bond acceptors (Lipinski definition) is 13. The predicted molar refractivity (Wildman–Crippen MR) is 217 cm³/mol. The van der Waals surface area contributed by atoms with Gasteiger partial charge in [0.2, 0.25) is 5.95 Å². The number of ether oxygens (including phenoxy) is 3. The topological polar surface area (TPSA) is 149 Å². The number of piperazine rings is 1. The zero-order valence-electron chi connectivity index (χ0n) is 34.4. The van der Waals surface area contributed by atoms with Gasteiger partial charge in [-0.25, -0.2) is 23.4 Å². The molecule has 2 unspecified atom stereocenters. The third kappa shape index (κ3) is 6.92. The van der Waals surface area contributed by atoms with Gasteiger partial charge in [0.1, 0.15) is 33.6 Å². The molecule has 3 fully saturated rings. The predicted octanol–water partition coefficient (Wildman–Crippen LogP) is 7.55. The first-order valence-corrected chi connectivity index (χ1v) is 20.4. The van der Waals surface area contributed by atoms with E-state index in [0.29, 0.717) is 54.5 Å². The van der Waals surface area contributed by atoms with E-state index in [0.717, 1.165) is 36.8 Å². The number of hydrogen-bond donors (Lipinski definition) is 1. The number of carbonyl (C=O) groups is 2. The Kier molecular flexibility index (Phi) is 9.71. The van der Waals surface area contributed by atoms with Crippen molar-refractivity contribution in [2.24, 2.45) is 0 Å². The third-order valence-electron chi connectivity index (χ3n) is 11.6. The van der Waals surface area contributed by atoms with Crippen LogP contribution in [0.4, 0.5) is 35.1 Å². The maximum atomic E-state index is 17.9. The molecule has 308 valence electrons. The van der Waals surface area contributed by atoms with E-state index in [9.17, 15) is 14.9 Å². The lowest BCUT2D eigenvalue weighted by atomic mass is 9.93. The van der Waals surface area contributed by atoms with E-state index < -0.39 is 28.9 Å². The average Bonchev–Trinajstić information content (AvgIpc) is 3.91. The molecular weight excluding hydrogens is 769 g/mol. The highest BCUT2D eigenvalue weighted by molar-refractivity contribution is 7.23. The van der Waals surface area contributed by atoms with Crippen molar-refractivity contribution in [3.05, 3.63) is 34.5 Å². The minimum atomic E-state index is -0.828. The molecule has 0 radical (unpaired) electrons. The minimum absolute atomic E-state index is 0.0287. The summed E-state index contributed by atoms with van der Waals surface area (Å²) in [5, 5.41) is 13.7. The monoisotopic (exact) mass is 817 g/mol. The summed E-state index contributed by atoms with van der Waals surface area (Å²) in [4.78, 5) is 49.1. The van der Waals surface area contributed by atoms with Crippen LogP contribution in [0.1, 0.15) is 84.4 Å². The van der Waals surface area contributed by atoms with Gasteiger partial charge in [0.05, 0.1) is 40.8 Å². The molecule has 7 heterocycles. The van der Waals surface area contributed by atoms with Gasteiger partial charge in [-0.1, -0.05) is 0 Å². The Morgan fingerprint density at radius 3 is 2.33 bits per heavy atom. The summed E-state index contributed by atoms with van der Waals surface area (Å²) in [7, 11) is 4.08. The number of nitriles is 1. The van der Waals surface area contributed by atoms with E-state index in [1.807, 2.05) is 34.9 Å². The lowest BCUT2D eigenvalue weighted by Gasteiger charge is -2.42. The molecular formula is C41H49F2N9O5S. The van der Waals surface area contributed by atoms with Crippen LogP contribution >= 0.6 is 11.3 Å². The van der Waals surface area contributed by atoms with E-state index in [1.165, 1.54) is 0 Å². The smallest absolute Gasteiger partial charge is 0.412 e. The molecule has 14 nitrogen and oxygen atoms in total. The van der Waals surface area contributed by atoms with Crippen LogP contribution in [0.2, 0.25) is 0 Å². The molecule has 2 amide bonds. The van der Waals surface area contributed by atoms with Crippen molar-refractivity contribution in [3.63, 3.8) is 0 Å². The van der Waals surface area contributed by atoms with Crippen molar-refractivity contribution in [2.45, 2.75) is 110 Å². The number of fused-ring (bicyclic) bond motifs is 6. The fourth-order valence-electron chi connectivity index (χ4n) is 8.63. The van der Waals surface area contributed by atoms with Crippen LogP contribution in [0.25, 0.3) is 32.2 Å². The van der Waals surface area contributed by atoms with Crippen molar-refractivity contribution in [1.82, 2.24) is 24.8 Å². The van der Waals surface area contributed by atoms with Crippen LogP contribution in [-0.2, 0) is 27.4 Å². The van der Waals surface area contributed by atoms with E-state index in [2.05, 4.69) is 38.0 Å². The molecule has 8 rings (SSSR count). The second-order valence-corrected chi connectivity index (χ2v) is 19.2. The fraction of sp³-hybridized carbons (Fsp3) is 0.561. The van der Waals surface area contributed by atoms with Crippen molar-refractivity contribution in [1.29, 1.82) is 5.26 Å². The van der Waals surface area contributed by atoms with E-state index in [-0.39, 0.29) is 74.4 Å². The number of carbonyl (C=O) groups excluding carboxylic acids is 2. The lowest BCUT2D eigenvalue weighted by Crippen LogP contribution is -2.56. The molecule has 0 saturated carbocycles. The molecule has 0 spiro atoms. The Labute approximate surface area is 340 Å². The number of aromatic nitrogens is 3. The second-order valence-electron chi connectivity index (χ2n) is 18.2. The number of nitrogens with one attached hydrogen (secondary N) is 1. The number of pyridine rings is 1. The largest absolute Gasteiger partial charge is 0.444 e. The van der Waals surface area contributed by atoms with Crippen LogP contribution in [0.3, 0.4) is 0 Å². The summed E-state index contributed by atoms with van der Waals surface area (Å²) in [6, 6.07) is 1.89. The molecule has 0 aliphatic carbocycles. The Morgan fingerprint density at radius 1 is 1.03 bits per heavy atom. The normalized spacial score (nSPS) is 21.9. The summed E-state index contributed by atoms with van der Waals surface area (Å²) in [5.41, 5.74) is -0.376. The van der Waals surface area contributed by atoms with Crippen molar-refractivity contribution in [2.75, 3.05) is 55.4 Å². The molecule has 4 aliphatic rings. The summed E-state index contributed by atoms with van der Waals surface area (Å²) in [6.07, 6.45) is 2.27. The average molecular weight is 818 g/mol. The first-order chi connectivity index (χ1) is 27.3. The highest BCUT2D eigenvalue weighted by atomic mass is 32.1. The molecule has 4 aliphatic heterocycles. The standard InChI is InChI=1S/C41H49F2N9O5S/c1-39(2,3)56-37(53)48-35-23(14-44)28-31(45-15-26(42)33(28)58-35)27-24-18-55-19-25(24)29-32(30(27)43)46-36(50-13-12-41(7,20-50)49(8)9)47-34(29)52-21-10-11-22(52)17-51(16-21)38(54)57-40(4,5)6/h15,21-22H,10-13,16-20H2,1-9H3,(H,48,53)/t21?,22?,41-/m0/s1. The van der Waals surface area contributed by atoms with Gasteiger partial charge in [0.25, 0.3) is 0 Å². The quantitative estimate of drug-likeness (QED) is 0.212. The molecule has 58 heavy (non-hydrogen) atoms. The highest BCUT2D eigenvalue weighted by Crippen LogP contribution is 2.49. The van der Waals surface area contributed by atoms with E-state index in [4.69, 9.17) is 24.2 Å². The Balaban J connectivity index is 1.32. The fourth-order valence-corrected chi connectivity index (χ4v) is 9.67. The number of halogens is 2. The number of benzene rings is 1. The van der Waals surface area contributed by atoms with Gasteiger partial charge in [0, 0.05) is 54.8 Å². The summed E-state index contributed by atoms with van der Waals surface area (Å²) in [6.45, 7) is 15.1. The number of rotatable bonds is 5. The van der Waals surface area contributed by atoms with Crippen LogP contribution in [-0.4, -0.2) is 106 Å². The SMILES string of the molecule is CN(C)[C@@]1(C)CCN(c2nc(N3C4CCC3CN(C(=O)OC(C)(C)C)C4)c3c4c(c(-c5ncc(F)c6sc(NC(=O)OC(C)(C)C)c(C#N)c56)c(F)c3n2)COC4)C1. The number of likely N-dealkylation sites (N-methyl/N-ethyl adjacent to an activating group) is 1. The Bertz CT molecular complexity index is 2390. The van der Waals surface area contributed by atoms with Gasteiger partial charge < -0.3 is 33.8 Å². The number of likely N-dealkylation sites (tertiary alicyclic amines) is 1. The summed E-state index contributed by atoms with van der Waals surface area (Å²) in [5.74, 6) is -0.468. The zero-order chi connectivity index (χ0) is 41.6. The first-order valence-electron chi connectivity index (χ1n) is 19.6. The van der Waals surface area contributed by atoms with Crippen molar-refractivity contribution < 1.29 is 32.6 Å². The Morgan fingerprint density at radius 2 is 1.71 bits per heavy atom. The van der Waals surface area contributed by atoms with Gasteiger partial charge in [-0.15, -0.1) is 11.3 Å². The van der Waals surface area contributed by atoms with E-state index >= 15 is 8.78 Å². The van der Waals surface area contributed by atoms with Gasteiger partial charge in [-0.2, -0.15) is 10.2 Å². The number of anilines is 3. The van der Waals surface area contributed by atoms with Gasteiger partial charge >= 0.3 is 12.2 Å². The number of thiophene rings is 1. The minimum Gasteiger partial charge on any atom is -0.444 e. The maximum absolute atomic E-state index is 17.9. The number of nitrogens with zero attached hydrogens (tertiary/aromatic N) is 8. The van der Waals surface area contributed by atoms with Crippen molar-refractivity contribution in [3.8, 4) is 17.3 Å². The number of amides is 2. The van der Waals surface area contributed by atoms with Crippen LogP contribution < -0.4 is 15.1 Å². The van der Waals surface area contributed by atoms with Crippen LogP contribution in [0.5, 0.6) is 0 Å². The van der Waals surface area contributed by atoms with Gasteiger partial charge in [-0.3, -0.25) is 10.3 Å². The first kappa shape index (κ1) is 39.9. The zero-order valence-corrected chi connectivity index (χ0v) is 35.2. The molecule has 3 aromatic heterocycles. The van der Waals surface area contributed by atoms with Crippen LogP contribution in [0, 0.1) is 23.0 Å². The summed E-state index contributed by atoms with van der Waals surface area (Å²) >= 11 is 0.853. The Hall–Kier alpha value is -4.92. The molecule has 3 atom stereocenters. The second kappa shape index (κ2) is 14.1. The van der Waals surface area contributed by atoms with E-state index in [1.54, 1.807) is 25.7 Å². The highest BCUT2D eigenvalue weighted by Gasteiger charge is 2.46. The molecule has 17 heteroatoms. The van der Waals surface area contributed by atoms with Crippen LogP contribution in [0.15, 0.2) is 6.20 Å². The van der Waals surface area contributed by atoms with Crippen molar-refractivity contribution >= 4 is 61.3 Å². The third-order valence-corrected chi connectivity index (χ3v) is 12.7. The maximum Gasteiger partial charge on any atom is 0.412 e.